The van der Waals surface area contributed by atoms with E-state index < -0.39 is 0 Å². The molecular weight excluding hydrogens is 224 g/mol. The van der Waals surface area contributed by atoms with Crippen LogP contribution in [0.5, 0.6) is 5.75 Å². The zero-order valence-electron chi connectivity index (χ0n) is 11.7. The molecule has 18 heavy (non-hydrogen) atoms. The molecule has 2 rings (SSSR count). The number of hydrogen-bond donors (Lipinski definition) is 1. The van der Waals surface area contributed by atoms with E-state index in [1.165, 1.54) is 5.56 Å². The van der Waals surface area contributed by atoms with E-state index in [1.54, 1.807) is 0 Å². The Labute approximate surface area is 110 Å². The third-order valence-electron chi connectivity index (χ3n) is 3.56. The van der Waals surface area contributed by atoms with Gasteiger partial charge in [-0.15, -0.1) is 0 Å². The number of ether oxygens (including phenoxy) is 1. The van der Waals surface area contributed by atoms with Gasteiger partial charge in [0.05, 0.1) is 12.2 Å². The van der Waals surface area contributed by atoms with Crippen LogP contribution in [0.2, 0.25) is 0 Å². The van der Waals surface area contributed by atoms with E-state index in [-0.39, 0.29) is 6.10 Å². The predicted octanol–water partition coefficient (Wildman–Crippen LogP) is 2.76. The molecule has 0 saturated carbocycles. The minimum atomic E-state index is 0.263. The summed E-state index contributed by atoms with van der Waals surface area (Å²) >= 11 is 0. The van der Waals surface area contributed by atoms with Gasteiger partial charge in [-0.1, -0.05) is 19.9 Å². The molecule has 100 valence electrons. The Morgan fingerprint density at radius 1 is 1.33 bits per heavy atom. The van der Waals surface area contributed by atoms with Crippen LogP contribution in [-0.4, -0.2) is 37.2 Å². The molecule has 1 aromatic rings. The van der Waals surface area contributed by atoms with Crippen LogP contribution in [-0.2, 0) is 6.42 Å². The molecule has 0 bridgehead atoms. The van der Waals surface area contributed by atoms with Crippen molar-refractivity contribution in [2.45, 2.75) is 33.3 Å². The molecule has 3 heteroatoms. The van der Waals surface area contributed by atoms with Gasteiger partial charge < -0.3 is 15.0 Å². The fourth-order valence-electron chi connectivity index (χ4n) is 2.31. The molecule has 0 spiro atoms. The van der Waals surface area contributed by atoms with Gasteiger partial charge in [0.1, 0.15) is 11.9 Å². The van der Waals surface area contributed by atoms with Crippen molar-refractivity contribution in [1.29, 1.82) is 0 Å². The molecule has 1 aromatic carbocycles. The number of benzene rings is 1. The second-order valence-corrected chi connectivity index (χ2v) is 4.92. The Morgan fingerprint density at radius 3 is 2.83 bits per heavy atom. The highest BCUT2D eigenvalue weighted by atomic mass is 16.5. The number of rotatable bonds is 5. The van der Waals surface area contributed by atoms with Crippen molar-refractivity contribution in [3.63, 3.8) is 0 Å². The number of likely N-dealkylation sites (N-methyl/N-ethyl adjacent to an activating group) is 1. The highest BCUT2D eigenvalue weighted by molar-refractivity contribution is 5.59. The molecule has 0 amide bonds. The van der Waals surface area contributed by atoms with Crippen LogP contribution in [0.4, 0.5) is 5.69 Å². The van der Waals surface area contributed by atoms with Gasteiger partial charge >= 0.3 is 0 Å². The van der Waals surface area contributed by atoms with Gasteiger partial charge in [0.15, 0.2) is 0 Å². The smallest absolute Gasteiger partial charge is 0.142 e. The lowest BCUT2D eigenvalue weighted by Crippen LogP contribution is -2.28. The summed E-state index contributed by atoms with van der Waals surface area (Å²) in [5.41, 5.74) is 2.52. The summed E-state index contributed by atoms with van der Waals surface area (Å²) in [4.78, 5) is 2.45. The average Bonchev–Trinajstić information content (AvgIpc) is 2.40. The van der Waals surface area contributed by atoms with Gasteiger partial charge in [0, 0.05) is 6.54 Å². The Hall–Kier alpha value is -1.22. The number of fused-ring (bicyclic) bond motifs is 1. The molecular formula is C15H24N2O. The van der Waals surface area contributed by atoms with Crippen molar-refractivity contribution in [2.75, 3.05) is 31.5 Å². The summed E-state index contributed by atoms with van der Waals surface area (Å²) in [5.74, 6) is 0.986. The lowest BCUT2D eigenvalue weighted by atomic mass is 10.1. The van der Waals surface area contributed by atoms with E-state index in [0.29, 0.717) is 0 Å². The van der Waals surface area contributed by atoms with Gasteiger partial charge in [-0.3, -0.25) is 0 Å². The van der Waals surface area contributed by atoms with Crippen LogP contribution in [0.25, 0.3) is 0 Å². The van der Waals surface area contributed by atoms with Gasteiger partial charge in [-0.05, 0) is 44.1 Å². The molecule has 1 aliphatic heterocycles. The second-order valence-electron chi connectivity index (χ2n) is 4.92. The fourth-order valence-corrected chi connectivity index (χ4v) is 2.31. The van der Waals surface area contributed by atoms with Gasteiger partial charge in [0.25, 0.3) is 0 Å². The van der Waals surface area contributed by atoms with Crippen molar-refractivity contribution in [3.05, 3.63) is 23.8 Å². The SMILES string of the molecule is CCN(CC)CCc1ccc2c(c1)NCC(C)O2. The van der Waals surface area contributed by atoms with Gasteiger partial charge in [-0.2, -0.15) is 0 Å². The highest BCUT2D eigenvalue weighted by Gasteiger charge is 2.15. The topological polar surface area (TPSA) is 24.5 Å². The van der Waals surface area contributed by atoms with Crippen molar-refractivity contribution in [3.8, 4) is 5.75 Å². The van der Waals surface area contributed by atoms with Crippen molar-refractivity contribution >= 4 is 5.69 Å². The van der Waals surface area contributed by atoms with Crippen LogP contribution >= 0.6 is 0 Å². The first kappa shape index (κ1) is 13.2. The number of anilines is 1. The molecule has 1 aliphatic rings. The standard InChI is InChI=1S/C15H24N2O/c1-4-17(5-2)9-8-13-6-7-15-14(10-13)16-11-12(3)18-15/h6-7,10,12,16H,4-5,8-9,11H2,1-3H3. The molecule has 1 atom stereocenters. The van der Waals surface area contributed by atoms with Crippen LogP contribution in [0.1, 0.15) is 26.3 Å². The van der Waals surface area contributed by atoms with Crippen LogP contribution < -0.4 is 10.1 Å². The van der Waals surface area contributed by atoms with Crippen LogP contribution in [0, 0.1) is 0 Å². The Bertz CT molecular complexity index is 388. The zero-order valence-corrected chi connectivity index (χ0v) is 11.7. The molecule has 0 aromatic heterocycles. The van der Waals surface area contributed by atoms with Crippen LogP contribution in [0.3, 0.4) is 0 Å². The second kappa shape index (κ2) is 6.10. The summed E-state index contributed by atoms with van der Waals surface area (Å²) in [6.45, 7) is 10.8. The fraction of sp³-hybridized carbons (Fsp3) is 0.600. The molecule has 0 radical (unpaired) electrons. The average molecular weight is 248 g/mol. The first-order valence-electron chi connectivity index (χ1n) is 6.98. The zero-order chi connectivity index (χ0) is 13.0. The summed E-state index contributed by atoms with van der Waals surface area (Å²) in [6.07, 6.45) is 1.37. The van der Waals surface area contributed by atoms with E-state index in [0.717, 1.165) is 44.0 Å². The van der Waals surface area contributed by atoms with E-state index in [9.17, 15) is 0 Å². The minimum absolute atomic E-state index is 0.263. The first-order chi connectivity index (χ1) is 8.72. The van der Waals surface area contributed by atoms with E-state index in [2.05, 4.69) is 49.2 Å². The molecule has 0 aliphatic carbocycles. The molecule has 0 saturated heterocycles. The molecule has 3 nitrogen and oxygen atoms in total. The Kier molecular flexibility index (Phi) is 4.48. The molecule has 1 unspecified atom stereocenters. The number of nitrogens with one attached hydrogen (secondary N) is 1. The number of nitrogens with zero attached hydrogens (tertiary/aromatic N) is 1. The van der Waals surface area contributed by atoms with E-state index in [4.69, 9.17) is 4.74 Å². The monoisotopic (exact) mass is 248 g/mol. The molecule has 0 fully saturated rings. The molecule has 1 N–H and O–H groups in total. The normalized spacial score (nSPS) is 18.1. The van der Waals surface area contributed by atoms with Crippen molar-refractivity contribution in [2.24, 2.45) is 0 Å². The van der Waals surface area contributed by atoms with Crippen LogP contribution in [0.15, 0.2) is 18.2 Å². The Morgan fingerprint density at radius 2 is 2.11 bits per heavy atom. The van der Waals surface area contributed by atoms with Crippen molar-refractivity contribution < 1.29 is 4.74 Å². The maximum absolute atomic E-state index is 5.78. The van der Waals surface area contributed by atoms with Gasteiger partial charge in [-0.25, -0.2) is 0 Å². The quantitative estimate of drug-likeness (QED) is 0.867. The first-order valence-corrected chi connectivity index (χ1v) is 6.98. The van der Waals surface area contributed by atoms with E-state index >= 15 is 0 Å². The third kappa shape index (κ3) is 3.16. The Balaban J connectivity index is 1.98. The number of hydrogen-bond acceptors (Lipinski definition) is 3. The predicted molar refractivity (Wildman–Crippen MR) is 76.5 cm³/mol. The summed E-state index contributed by atoms with van der Waals surface area (Å²) in [6, 6.07) is 6.50. The summed E-state index contributed by atoms with van der Waals surface area (Å²) < 4.78 is 5.78. The maximum atomic E-state index is 5.78. The lowest BCUT2D eigenvalue weighted by Gasteiger charge is -2.25. The maximum Gasteiger partial charge on any atom is 0.142 e. The lowest BCUT2D eigenvalue weighted by molar-refractivity contribution is 0.226. The third-order valence-corrected chi connectivity index (χ3v) is 3.56. The summed E-state index contributed by atoms with van der Waals surface area (Å²) in [5, 5.41) is 3.43. The van der Waals surface area contributed by atoms with Crippen molar-refractivity contribution in [1.82, 2.24) is 4.90 Å². The van der Waals surface area contributed by atoms with Gasteiger partial charge in [0.2, 0.25) is 0 Å². The highest BCUT2D eigenvalue weighted by Crippen LogP contribution is 2.29. The van der Waals surface area contributed by atoms with E-state index in [1.807, 2.05) is 0 Å². The largest absolute Gasteiger partial charge is 0.487 e. The minimum Gasteiger partial charge on any atom is -0.487 e. The molecule has 1 heterocycles. The summed E-state index contributed by atoms with van der Waals surface area (Å²) in [7, 11) is 0.